The Labute approximate surface area is 312 Å². The molecule has 1 radical (unpaired) electrons. The van der Waals surface area contributed by atoms with E-state index in [1.54, 1.807) is 31.2 Å². The van der Waals surface area contributed by atoms with Crippen molar-refractivity contribution in [2.24, 2.45) is 0 Å². The first-order valence-corrected chi connectivity index (χ1v) is 14.0. The number of carbonyl (C=O) groups excluding carboxylic acids is 2. The molecule has 0 aliphatic carbocycles. The first kappa shape index (κ1) is 57.8. The third-order valence-electron chi connectivity index (χ3n) is 3.16. The topological polar surface area (TPSA) is 185 Å². The number of phenols is 1. The Bertz CT molecular complexity index is 921. The van der Waals surface area contributed by atoms with E-state index in [1.165, 1.54) is 13.0 Å². The van der Waals surface area contributed by atoms with Gasteiger partial charge in [-0.15, -0.1) is 0 Å². The predicted molar refractivity (Wildman–Crippen MR) is 183 cm³/mol. The summed E-state index contributed by atoms with van der Waals surface area (Å²) in [6, 6.07) is 5.36. The molecule has 0 saturated heterocycles. The Kier molecular flexibility index (Phi) is 65.3. The van der Waals surface area contributed by atoms with Crippen LogP contribution in [0.2, 0.25) is 0 Å². The van der Waals surface area contributed by atoms with Crippen LogP contribution in [0.3, 0.4) is 0 Å². The molecule has 0 bridgehead atoms. The Morgan fingerprint density at radius 2 is 1.33 bits per heavy atom. The molecule has 0 amide bonds. The summed E-state index contributed by atoms with van der Waals surface area (Å²) >= 11 is 0. The van der Waals surface area contributed by atoms with Crippen molar-refractivity contribution in [2.45, 2.75) is 88.5 Å². The monoisotopic (exact) mass is 667 g/mol. The normalized spacial score (nSPS) is 8.67. The molecule has 0 unspecified atom stereocenters. The fraction of sp³-hybridized carbons (Fsp3) is 0.455. The summed E-state index contributed by atoms with van der Waals surface area (Å²) in [5, 5.41) is 32.6. The molecular weight excluding hydrogens is 611 g/mol. The fourth-order valence-electron chi connectivity index (χ4n) is 1.60. The Morgan fingerprint density at radius 1 is 0.867 bits per heavy atom. The number of carboxylic acid groups (broad SMARTS) is 3. The summed E-state index contributed by atoms with van der Waals surface area (Å²) in [5.41, 5.74) is 0.975. The summed E-state index contributed by atoms with van der Waals surface area (Å²) in [4.78, 5) is 47.3. The Balaban J connectivity index is -0.0000000796. The van der Waals surface area contributed by atoms with E-state index >= 15 is 0 Å². The number of rotatable bonds is 9. The van der Waals surface area contributed by atoms with E-state index in [2.05, 4.69) is 4.74 Å². The molecule has 0 spiro atoms. The number of benzene rings is 1. The average Bonchev–Trinajstić information content (AvgIpc) is 2.95. The van der Waals surface area contributed by atoms with Crippen molar-refractivity contribution < 1.29 is 53.9 Å². The van der Waals surface area contributed by atoms with Gasteiger partial charge in [0.2, 0.25) is 0 Å². The van der Waals surface area contributed by atoms with Crippen molar-refractivity contribution in [3.63, 3.8) is 0 Å². The second kappa shape index (κ2) is 50.8. The summed E-state index contributed by atoms with van der Waals surface area (Å²) in [5.74, 6) is -1.96. The van der Waals surface area contributed by atoms with Crippen molar-refractivity contribution in [3.05, 3.63) is 60.6 Å². The SMILES string of the molecule is C/C=C/C=C/C(=O)O.CC(=O)O.CC=Cc1ccc(OCC)c(O)c1.CCC(=O)O.CCC=O.CCCOC(C)=O.C[CH]C.[KH]. The van der Waals surface area contributed by atoms with Gasteiger partial charge < -0.3 is 34.7 Å². The van der Waals surface area contributed by atoms with Crippen LogP contribution in [0.25, 0.3) is 6.08 Å². The number of aldehydes is 1. The van der Waals surface area contributed by atoms with E-state index < -0.39 is 17.9 Å². The molecule has 1 rings (SSSR count). The van der Waals surface area contributed by atoms with Gasteiger partial charge in [0.25, 0.3) is 5.97 Å². The van der Waals surface area contributed by atoms with Gasteiger partial charge in [-0.05, 0) is 51.3 Å². The first-order valence-electron chi connectivity index (χ1n) is 14.0. The number of aromatic hydroxyl groups is 1. The summed E-state index contributed by atoms with van der Waals surface area (Å²) in [7, 11) is 0. The van der Waals surface area contributed by atoms with E-state index in [9.17, 15) is 24.3 Å². The van der Waals surface area contributed by atoms with Gasteiger partial charge in [0.1, 0.15) is 6.29 Å². The van der Waals surface area contributed by atoms with Gasteiger partial charge in [0.05, 0.1) is 13.2 Å². The zero-order chi connectivity index (χ0) is 35.8. The molecule has 0 atom stereocenters. The predicted octanol–water partition coefficient (Wildman–Crippen LogP) is 6.74. The number of esters is 1. The molecule has 0 aliphatic rings. The Morgan fingerprint density at radius 3 is 1.58 bits per heavy atom. The number of allylic oxidation sites excluding steroid dienone is 4. The van der Waals surface area contributed by atoms with E-state index in [-0.39, 0.29) is 69.5 Å². The van der Waals surface area contributed by atoms with Crippen LogP contribution >= 0.6 is 0 Å². The van der Waals surface area contributed by atoms with Gasteiger partial charge in [0, 0.05) is 32.8 Å². The minimum atomic E-state index is -0.914. The van der Waals surface area contributed by atoms with Crippen LogP contribution in [0, 0.1) is 6.42 Å². The number of ether oxygens (including phenoxy) is 2. The van der Waals surface area contributed by atoms with Crippen LogP contribution < -0.4 is 4.74 Å². The quantitative estimate of drug-likeness (QED) is 0.0719. The van der Waals surface area contributed by atoms with Crippen LogP contribution in [-0.2, 0) is 28.7 Å². The number of hydrogen-bond donors (Lipinski definition) is 4. The number of carboxylic acids is 3. The van der Waals surface area contributed by atoms with Gasteiger partial charge in [-0.3, -0.25) is 14.4 Å². The molecule has 11 nitrogen and oxygen atoms in total. The van der Waals surface area contributed by atoms with E-state index in [0.717, 1.165) is 31.3 Å². The third kappa shape index (κ3) is 79.6. The van der Waals surface area contributed by atoms with Crippen molar-refractivity contribution >= 4 is 87.6 Å². The number of carbonyl (C=O) groups is 5. The van der Waals surface area contributed by atoms with Gasteiger partial charge in [-0.2, -0.15) is 0 Å². The molecule has 255 valence electrons. The molecule has 45 heavy (non-hydrogen) atoms. The van der Waals surface area contributed by atoms with Crippen LogP contribution in [-0.4, -0.2) is 115 Å². The zero-order valence-electron chi connectivity index (χ0n) is 28.0. The number of phenolic OH excluding ortho intramolecular Hbond substituents is 1. The van der Waals surface area contributed by atoms with E-state index in [1.807, 2.05) is 73.1 Å². The standard InChI is InChI=1S/C11H14O2.C6H8O2.C5H10O2.C3H6O2.C3H6O.C3H7.C2H4O2.K.H/c1-3-5-9-6-7-11(13-4-2)10(12)8-9;1-2-3-4-5-6(7)8;1-3-4-7-5(2)6;1-2-3(4)5;1-2-3-4;1-3-2;1-2(3)4;;/h3,5-8,12H,4H2,1-2H3;2-5H,1H3,(H,7,8);3-4H2,1-2H3;2H2,1H3,(H,4,5);3H,2H2,1H3;3H,1-2H3;1H3,(H,3,4);;/b;3-2+,5-4+;;;;;;;. The van der Waals surface area contributed by atoms with E-state index in [0.29, 0.717) is 25.4 Å². The molecule has 12 heteroatoms. The molecule has 1 aromatic rings. The van der Waals surface area contributed by atoms with Crippen LogP contribution in [0.4, 0.5) is 0 Å². The molecule has 4 N–H and O–H groups in total. The van der Waals surface area contributed by atoms with Gasteiger partial charge in [0.15, 0.2) is 11.5 Å². The van der Waals surface area contributed by atoms with E-state index in [4.69, 9.17) is 24.9 Å². The second-order valence-corrected chi connectivity index (χ2v) is 7.64. The molecule has 0 fully saturated rings. The van der Waals surface area contributed by atoms with Crippen molar-refractivity contribution in [1.82, 2.24) is 0 Å². The number of aliphatic carboxylic acids is 3. The molecule has 0 heterocycles. The average molecular weight is 668 g/mol. The van der Waals surface area contributed by atoms with Crippen molar-refractivity contribution in [1.29, 1.82) is 0 Å². The summed E-state index contributed by atoms with van der Waals surface area (Å²) < 4.78 is 9.75. The third-order valence-corrected chi connectivity index (χ3v) is 3.16. The fourth-order valence-corrected chi connectivity index (χ4v) is 1.60. The van der Waals surface area contributed by atoms with Crippen molar-refractivity contribution in [2.75, 3.05) is 13.2 Å². The first-order chi connectivity index (χ1) is 20.6. The van der Waals surface area contributed by atoms with Crippen LogP contribution in [0.5, 0.6) is 11.5 Å². The van der Waals surface area contributed by atoms with Crippen LogP contribution in [0.15, 0.2) is 48.6 Å². The van der Waals surface area contributed by atoms with Crippen LogP contribution in [0.1, 0.15) is 94.1 Å². The molecule has 0 aliphatic heterocycles. The van der Waals surface area contributed by atoms with Gasteiger partial charge in [-0.25, -0.2) is 4.79 Å². The summed E-state index contributed by atoms with van der Waals surface area (Å²) in [6.07, 6.45) is 14.5. The number of hydrogen-bond acceptors (Lipinski definition) is 8. The molecular formula is C33H56KO11. The van der Waals surface area contributed by atoms with Gasteiger partial charge >= 0.3 is 69.3 Å². The maximum absolute atomic E-state index is 9.98. The minimum absolute atomic E-state index is 0. The zero-order valence-corrected chi connectivity index (χ0v) is 28.0. The Hall–Kier alpha value is -2.77. The second-order valence-electron chi connectivity index (χ2n) is 7.64. The molecule has 1 aromatic carbocycles. The van der Waals surface area contributed by atoms with Crippen molar-refractivity contribution in [3.8, 4) is 11.5 Å². The molecule has 0 saturated carbocycles. The maximum atomic E-state index is 9.98. The summed E-state index contributed by atoms with van der Waals surface area (Å²) in [6.45, 7) is 18.6. The van der Waals surface area contributed by atoms with Gasteiger partial charge in [-0.1, -0.05) is 71.1 Å². The molecule has 0 aromatic heterocycles.